The van der Waals surface area contributed by atoms with E-state index in [0.29, 0.717) is 12.0 Å². The van der Waals surface area contributed by atoms with Crippen LogP contribution < -0.4 is 5.73 Å². The van der Waals surface area contributed by atoms with Gasteiger partial charge in [0.05, 0.1) is 0 Å². The molecular weight excluding hydrogens is 170 g/mol. The van der Waals surface area contributed by atoms with Crippen LogP contribution >= 0.6 is 0 Å². The zero-order valence-corrected chi connectivity index (χ0v) is 9.24. The third kappa shape index (κ3) is 4.43. The summed E-state index contributed by atoms with van der Waals surface area (Å²) in [5.41, 5.74) is 7.42. The van der Waals surface area contributed by atoms with Crippen molar-refractivity contribution in [3.8, 4) is 0 Å². The molecule has 0 fully saturated rings. The molecule has 0 aliphatic carbocycles. The first-order chi connectivity index (χ1) is 6.68. The highest BCUT2D eigenvalue weighted by molar-refractivity contribution is 5.14. The van der Waals surface area contributed by atoms with Gasteiger partial charge in [-0.2, -0.15) is 0 Å². The second-order valence-corrected chi connectivity index (χ2v) is 4.41. The van der Waals surface area contributed by atoms with Gasteiger partial charge in [0.25, 0.3) is 0 Å². The number of rotatable bonds is 5. The summed E-state index contributed by atoms with van der Waals surface area (Å²) in [4.78, 5) is 0. The molecule has 1 nitrogen and oxygen atoms in total. The van der Waals surface area contributed by atoms with Crippen molar-refractivity contribution in [2.45, 2.75) is 39.2 Å². The van der Waals surface area contributed by atoms with Crippen molar-refractivity contribution in [2.24, 2.45) is 11.7 Å². The molecule has 1 atom stereocenters. The minimum Gasteiger partial charge on any atom is -0.328 e. The number of aryl methyl sites for hydroxylation is 1. The third-order valence-electron chi connectivity index (χ3n) is 2.42. The lowest BCUT2D eigenvalue weighted by atomic mass is 9.98. The smallest absolute Gasteiger partial charge is 0.00444 e. The van der Waals surface area contributed by atoms with Gasteiger partial charge in [0.15, 0.2) is 0 Å². The van der Waals surface area contributed by atoms with E-state index in [1.54, 1.807) is 0 Å². The summed E-state index contributed by atoms with van der Waals surface area (Å²) in [5, 5.41) is 0. The van der Waals surface area contributed by atoms with E-state index >= 15 is 0 Å². The summed E-state index contributed by atoms with van der Waals surface area (Å²) >= 11 is 0. The molecule has 0 aliphatic rings. The van der Waals surface area contributed by atoms with E-state index in [0.717, 1.165) is 19.3 Å². The van der Waals surface area contributed by atoms with E-state index in [4.69, 9.17) is 5.73 Å². The number of hydrogen-bond acceptors (Lipinski definition) is 1. The molecule has 0 aromatic heterocycles. The highest BCUT2D eigenvalue weighted by Crippen LogP contribution is 2.09. The van der Waals surface area contributed by atoms with Crippen LogP contribution in [0, 0.1) is 5.92 Å². The summed E-state index contributed by atoms with van der Waals surface area (Å²) in [5.74, 6) is 0.709. The first-order valence-electron chi connectivity index (χ1n) is 5.48. The van der Waals surface area contributed by atoms with Crippen molar-refractivity contribution in [3.05, 3.63) is 35.9 Å². The van der Waals surface area contributed by atoms with Gasteiger partial charge in [0.1, 0.15) is 0 Å². The molecule has 0 amide bonds. The fourth-order valence-electron chi connectivity index (χ4n) is 1.72. The van der Waals surface area contributed by atoms with Crippen LogP contribution in [-0.2, 0) is 6.42 Å². The quantitative estimate of drug-likeness (QED) is 0.760. The average molecular weight is 191 g/mol. The minimum absolute atomic E-state index is 0.357. The Balaban J connectivity index is 2.27. The van der Waals surface area contributed by atoms with Crippen LogP contribution in [0.15, 0.2) is 30.3 Å². The molecule has 0 radical (unpaired) electrons. The molecule has 0 saturated heterocycles. The molecule has 1 rings (SSSR count). The Hall–Kier alpha value is -0.820. The lowest BCUT2D eigenvalue weighted by Gasteiger charge is -2.13. The van der Waals surface area contributed by atoms with Crippen molar-refractivity contribution in [2.75, 3.05) is 0 Å². The lowest BCUT2D eigenvalue weighted by Crippen LogP contribution is -2.22. The van der Waals surface area contributed by atoms with Crippen LogP contribution in [-0.4, -0.2) is 6.04 Å². The summed E-state index contributed by atoms with van der Waals surface area (Å²) in [6, 6.07) is 10.9. The molecule has 1 unspecified atom stereocenters. The molecule has 0 bridgehead atoms. The zero-order valence-electron chi connectivity index (χ0n) is 9.24. The van der Waals surface area contributed by atoms with Crippen molar-refractivity contribution >= 4 is 0 Å². The van der Waals surface area contributed by atoms with Crippen molar-refractivity contribution in [1.82, 2.24) is 0 Å². The molecule has 1 aromatic rings. The van der Waals surface area contributed by atoms with Crippen molar-refractivity contribution in [1.29, 1.82) is 0 Å². The van der Waals surface area contributed by atoms with Gasteiger partial charge in [-0.15, -0.1) is 0 Å². The van der Waals surface area contributed by atoms with Crippen LogP contribution in [0.1, 0.15) is 32.3 Å². The maximum absolute atomic E-state index is 6.02. The van der Waals surface area contributed by atoms with Crippen LogP contribution in [0.3, 0.4) is 0 Å². The highest BCUT2D eigenvalue weighted by atomic mass is 14.6. The summed E-state index contributed by atoms with van der Waals surface area (Å²) in [7, 11) is 0. The Morgan fingerprint density at radius 2 is 1.79 bits per heavy atom. The first kappa shape index (κ1) is 11.3. The predicted molar refractivity (Wildman–Crippen MR) is 62.2 cm³/mol. The Labute approximate surface area is 87.3 Å². The number of nitrogens with two attached hydrogens (primary N) is 1. The molecule has 0 aliphatic heterocycles. The fourth-order valence-corrected chi connectivity index (χ4v) is 1.72. The van der Waals surface area contributed by atoms with Gasteiger partial charge in [-0.25, -0.2) is 0 Å². The number of hydrogen-bond donors (Lipinski definition) is 1. The largest absolute Gasteiger partial charge is 0.328 e. The maximum Gasteiger partial charge on any atom is 0.00444 e. The summed E-state index contributed by atoms with van der Waals surface area (Å²) in [6.45, 7) is 4.45. The molecule has 1 aromatic carbocycles. The van der Waals surface area contributed by atoms with Crippen LogP contribution in [0.25, 0.3) is 0 Å². The predicted octanol–water partition coefficient (Wildman–Crippen LogP) is 2.99. The second kappa shape index (κ2) is 5.82. The fraction of sp³-hybridized carbons (Fsp3) is 0.538. The average Bonchev–Trinajstić information content (AvgIpc) is 2.15. The highest BCUT2D eigenvalue weighted by Gasteiger charge is 2.05. The van der Waals surface area contributed by atoms with E-state index in [2.05, 4.69) is 44.2 Å². The monoisotopic (exact) mass is 191 g/mol. The Bertz CT molecular complexity index is 241. The van der Waals surface area contributed by atoms with E-state index in [-0.39, 0.29) is 0 Å². The van der Waals surface area contributed by atoms with Gasteiger partial charge < -0.3 is 5.73 Å². The Morgan fingerprint density at radius 1 is 1.14 bits per heavy atom. The molecule has 1 heteroatoms. The normalized spacial score (nSPS) is 13.1. The topological polar surface area (TPSA) is 26.0 Å². The molecule has 0 spiro atoms. The van der Waals surface area contributed by atoms with Gasteiger partial charge in [-0.3, -0.25) is 0 Å². The molecule has 2 N–H and O–H groups in total. The Morgan fingerprint density at radius 3 is 2.36 bits per heavy atom. The van der Waals surface area contributed by atoms with Crippen LogP contribution in [0.5, 0.6) is 0 Å². The minimum atomic E-state index is 0.357. The van der Waals surface area contributed by atoms with Gasteiger partial charge >= 0.3 is 0 Å². The van der Waals surface area contributed by atoms with E-state index < -0.39 is 0 Å². The summed E-state index contributed by atoms with van der Waals surface area (Å²) < 4.78 is 0. The van der Waals surface area contributed by atoms with Crippen molar-refractivity contribution < 1.29 is 0 Å². The van der Waals surface area contributed by atoms with Crippen molar-refractivity contribution in [3.63, 3.8) is 0 Å². The SMILES string of the molecule is CC(C)CC(N)CCc1ccccc1. The molecule has 0 heterocycles. The van der Waals surface area contributed by atoms with E-state index in [9.17, 15) is 0 Å². The number of benzene rings is 1. The van der Waals surface area contributed by atoms with E-state index in [1.165, 1.54) is 5.56 Å². The summed E-state index contributed by atoms with van der Waals surface area (Å²) in [6.07, 6.45) is 3.34. The van der Waals surface area contributed by atoms with E-state index in [1.807, 2.05) is 0 Å². The van der Waals surface area contributed by atoms with Crippen LogP contribution in [0.2, 0.25) is 0 Å². The first-order valence-corrected chi connectivity index (χ1v) is 5.48. The molecular formula is C13H21N. The van der Waals surface area contributed by atoms with Gasteiger partial charge in [-0.05, 0) is 30.7 Å². The molecule has 14 heavy (non-hydrogen) atoms. The Kier molecular flexibility index (Phi) is 4.68. The lowest BCUT2D eigenvalue weighted by molar-refractivity contribution is 0.473. The maximum atomic E-state index is 6.02. The molecule has 78 valence electrons. The van der Waals surface area contributed by atoms with Crippen LogP contribution in [0.4, 0.5) is 0 Å². The second-order valence-electron chi connectivity index (χ2n) is 4.41. The van der Waals surface area contributed by atoms with Gasteiger partial charge in [0.2, 0.25) is 0 Å². The zero-order chi connectivity index (χ0) is 10.4. The standard InChI is InChI=1S/C13H21N/c1-11(2)10-13(14)9-8-12-6-4-3-5-7-12/h3-7,11,13H,8-10,14H2,1-2H3. The molecule has 0 saturated carbocycles. The van der Waals surface area contributed by atoms with Gasteiger partial charge in [0, 0.05) is 6.04 Å². The third-order valence-corrected chi connectivity index (χ3v) is 2.42. The van der Waals surface area contributed by atoms with Gasteiger partial charge in [-0.1, -0.05) is 44.2 Å².